The van der Waals surface area contributed by atoms with Crippen LogP contribution in [0.5, 0.6) is 0 Å². The monoisotopic (exact) mass is 384 g/mol. The van der Waals surface area contributed by atoms with Crippen molar-refractivity contribution in [3.05, 3.63) is 40.4 Å². The van der Waals surface area contributed by atoms with E-state index in [1.807, 2.05) is 22.8 Å². The molecular weight excluding hydrogens is 365 g/mol. The van der Waals surface area contributed by atoms with Gasteiger partial charge in [-0.1, -0.05) is 4.51 Å². The van der Waals surface area contributed by atoms with E-state index in [1.165, 1.54) is 5.57 Å². The van der Waals surface area contributed by atoms with Crippen LogP contribution in [0.4, 0.5) is 4.32 Å². The van der Waals surface area contributed by atoms with Crippen molar-refractivity contribution in [2.75, 3.05) is 0 Å². The van der Waals surface area contributed by atoms with Crippen LogP contribution in [-0.2, 0) is 0 Å². The van der Waals surface area contributed by atoms with Crippen molar-refractivity contribution < 1.29 is 8.80 Å². The zero-order chi connectivity index (χ0) is 14.8. The number of hydrogen-bond donors (Lipinski definition) is 0. The van der Waals surface area contributed by atoms with Crippen LogP contribution >= 0.6 is 20.5 Å². The highest BCUT2D eigenvalue weighted by molar-refractivity contribution is 14.2. The molecule has 3 heterocycles. The van der Waals surface area contributed by atoms with E-state index in [1.54, 1.807) is 0 Å². The van der Waals surface area contributed by atoms with Gasteiger partial charge in [0.05, 0.1) is 0 Å². The van der Waals surface area contributed by atoms with Crippen molar-refractivity contribution in [2.24, 2.45) is 0 Å². The number of halogens is 2. The van der Waals surface area contributed by atoms with E-state index < -0.39 is 25.1 Å². The molecule has 0 aromatic carbocycles. The molecule has 0 amide bonds. The Bertz CT molecular complexity index is 754. The number of allylic oxidation sites excluding steroid dienone is 3. The molecule has 0 saturated carbocycles. The second-order valence-corrected chi connectivity index (χ2v) is 8.21. The third-order valence-corrected chi connectivity index (χ3v) is 6.60. The Balaban J connectivity index is 2.51. The van der Waals surface area contributed by atoms with Gasteiger partial charge in [0, 0.05) is 29.8 Å². The molecule has 0 unspecified atom stereocenters. The molecule has 0 saturated heterocycles. The molecule has 1 atom stereocenters. The molecule has 0 radical (unpaired) electrons. The molecule has 1 aromatic heterocycles. The Hall–Kier alpha value is -0.975. The van der Waals surface area contributed by atoms with Crippen molar-refractivity contribution in [3.63, 3.8) is 0 Å². The Kier molecular flexibility index (Phi) is 2.98. The number of aryl methyl sites for hydroxylation is 2. The molecular formula is C15H19BFIN2. The van der Waals surface area contributed by atoms with E-state index in [-0.39, 0.29) is 0 Å². The average molecular weight is 384 g/mol. The molecule has 5 heteroatoms. The third kappa shape index (κ3) is 1.50. The second kappa shape index (κ2) is 4.26. The number of fused-ring (bicyclic) bond motifs is 2. The third-order valence-electron chi connectivity index (χ3n) is 4.37. The van der Waals surface area contributed by atoms with E-state index in [4.69, 9.17) is 0 Å². The van der Waals surface area contributed by atoms with Crippen molar-refractivity contribution >= 4 is 40.9 Å². The van der Waals surface area contributed by atoms with Crippen LogP contribution in [0.2, 0.25) is 0 Å². The summed E-state index contributed by atoms with van der Waals surface area (Å²) in [5.74, 6) is 0. The van der Waals surface area contributed by atoms with Crippen LogP contribution < -0.4 is 0 Å². The SMILES string of the molecule is C=I[B@-]1(F)n2c(C)cc(C)c2C(C)=C2C(C)=CC(C)=[N+]21. The van der Waals surface area contributed by atoms with Crippen LogP contribution in [-0.4, -0.2) is 23.7 Å². The van der Waals surface area contributed by atoms with Gasteiger partial charge in [-0.25, -0.2) is 0 Å². The smallest absolute Gasteiger partial charge is 0.418 e. The van der Waals surface area contributed by atoms with Gasteiger partial charge in [0.15, 0.2) is 5.70 Å². The Morgan fingerprint density at radius 2 is 1.90 bits per heavy atom. The summed E-state index contributed by atoms with van der Waals surface area (Å²) in [5, 5.41) is 0. The van der Waals surface area contributed by atoms with Gasteiger partial charge in [-0.3, -0.25) is 0 Å². The summed E-state index contributed by atoms with van der Waals surface area (Å²) in [7, 11) is 0. The van der Waals surface area contributed by atoms with Gasteiger partial charge >= 0.3 is 4.55 Å². The maximum atomic E-state index is 16.0. The summed E-state index contributed by atoms with van der Waals surface area (Å²) in [6.07, 6.45) is 2.09. The fourth-order valence-electron chi connectivity index (χ4n) is 3.75. The lowest BCUT2D eigenvalue weighted by atomic mass is 9.91. The van der Waals surface area contributed by atoms with Gasteiger partial charge < -0.3 is 13.3 Å². The van der Waals surface area contributed by atoms with Gasteiger partial charge in [-0.05, 0) is 45.0 Å². The topological polar surface area (TPSA) is 7.94 Å². The molecule has 2 aliphatic rings. The number of nitrogens with zero attached hydrogens (tertiary/aromatic N) is 2. The van der Waals surface area contributed by atoms with E-state index in [0.717, 1.165) is 33.9 Å². The quantitative estimate of drug-likeness (QED) is 0.512. The Morgan fingerprint density at radius 3 is 2.50 bits per heavy atom. The van der Waals surface area contributed by atoms with Gasteiger partial charge in [0.25, 0.3) is 0 Å². The first kappa shape index (κ1) is 14.0. The lowest BCUT2D eigenvalue weighted by Gasteiger charge is -2.36. The average Bonchev–Trinajstić information content (AvgIpc) is 2.84. The molecule has 0 fully saturated rings. The summed E-state index contributed by atoms with van der Waals surface area (Å²) >= 11 is -0.843. The number of hydrogen-bond acceptors (Lipinski definition) is 0. The van der Waals surface area contributed by atoms with Gasteiger partial charge in [0.2, 0.25) is 0 Å². The first-order valence-electron chi connectivity index (χ1n) is 6.77. The molecule has 0 aliphatic carbocycles. The molecule has 3 rings (SSSR count). The van der Waals surface area contributed by atoms with Crippen LogP contribution in [0.3, 0.4) is 0 Å². The zero-order valence-electron chi connectivity index (χ0n) is 12.6. The molecule has 2 nitrogen and oxygen atoms in total. The predicted octanol–water partition coefficient (Wildman–Crippen LogP) is 3.94. The largest absolute Gasteiger partial charge is 0.602 e. The summed E-state index contributed by atoms with van der Waals surface area (Å²) in [6, 6.07) is 2.09. The normalized spacial score (nSPS) is 25.0. The predicted molar refractivity (Wildman–Crippen MR) is 94.6 cm³/mol. The maximum absolute atomic E-state index is 16.0. The molecule has 106 valence electrons. The van der Waals surface area contributed by atoms with Crippen molar-refractivity contribution in [1.29, 1.82) is 0 Å². The molecule has 0 N–H and O–H groups in total. The van der Waals surface area contributed by atoms with Gasteiger partial charge in [-0.2, -0.15) is 20.5 Å². The molecule has 2 aliphatic heterocycles. The zero-order valence-corrected chi connectivity index (χ0v) is 14.7. The van der Waals surface area contributed by atoms with Crippen molar-refractivity contribution in [3.8, 4) is 0 Å². The Labute approximate surface area is 129 Å². The lowest BCUT2D eigenvalue weighted by molar-refractivity contribution is -0.339. The van der Waals surface area contributed by atoms with Crippen LogP contribution in [0, 0.1) is 13.8 Å². The van der Waals surface area contributed by atoms with E-state index >= 15 is 4.32 Å². The van der Waals surface area contributed by atoms with Crippen LogP contribution in [0.25, 0.3) is 5.57 Å². The first-order valence-corrected chi connectivity index (χ1v) is 9.54. The maximum Gasteiger partial charge on any atom is 0.602 e. The highest BCUT2D eigenvalue weighted by Crippen LogP contribution is 2.43. The van der Waals surface area contributed by atoms with Crippen molar-refractivity contribution in [1.82, 2.24) is 4.48 Å². The summed E-state index contributed by atoms with van der Waals surface area (Å²) in [5.41, 5.74) is 7.60. The summed E-state index contributed by atoms with van der Waals surface area (Å²) in [6.45, 7) is 10.2. The van der Waals surface area contributed by atoms with E-state index in [0.29, 0.717) is 0 Å². The summed E-state index contributed by atoms with van der Waals surface area (Å²) in [4.78, 5) is 0. The lowest BCUT2D eigenvalue weighted by Crippen LogP contribution is -2.50. The molecule has 0 bridgehead atoms. The fraction of sp³-hybridized carbons (Fsp3) is 0.333. The van der Waals surface area contributed by atoms with Crippen LogP contribution in [0.1, 0.15) is 37.7 Å². The van der Waals surface area contributed by atoms with E-state index in [9.17, 15) is 0 Å². The number of aromatic nitrogens is 1. The minimum atomic E-state index is -2.28. The second-order valence-electron chi connectivity index (χ2n) is 5.74. The standard InChI is InChI=1S/C15H19BFIN2/c1-9-7-11(3)19-14(9)13(5)15-10(2)8-12(4)20(15)16(19,17)18-6/h7-8H,6H2,1-5H3. The molecule has 20 heavy (non-hydrogen) atoms. The highest BCUT2D eigenvalue weighted by Gasteiger charge is 2.50. The van der Waals surface area contributed by atoms with Gasteiger partial charge in [0.1, 0.15) is 5.71 Å². The summed E-state index contributed by atoms with van der Waals surface area (Å²) < 4.78 is 21.6. The minimum absolute atomic E-state index is 0.843. The van der Waals surface area contributed by atoms with Crippen LogP contribution in [0.15, 0.2) is 23.4 Å². The fourth-order valence-corrected chi connectivity index (χ4v) is 5.98. The molecule has 0 spiro atoms. The van der Waals surface area contributed by atoms with E-state index in [2.05, 4.69) is 37.4 Å². The highest BCUT2D eigenvalue weighted by atomic mass is 127. The number of rotatable bonds is 1. The molecule has 1 aromatic rings. The Morgan fingerprint density at radius 1 is 1.25 bits per heavy atom. The first-order chi connectivity index (χ1) is 9.32. The van der Waals surface area contributed by atoms with Gasteiger partial charge in [-0.15, -0.1) is 0 Å². The minimum Gasteiger partial charge on any atom is -0.418 e. The van der Waals surface area contributed by atoms with Crippen molar-refractivity contribution in [2.45, 2.75) is 34.6 Å².